The second-order valence-electron chi connectivity index (χ2n) is 5.91. The van der Waals surface area contributed by atoms with E-state index in [4.69, 9.17) is 4.84 Å². The highest BCUT2D eigenvalue weighted by atomic mass is 79.9. The Morgan fingerprint density at radius 2 is 1.95 bits per heavy atom. The monoisotopic (exact) mass is 336 g/mol. The number of hydrogen-bond donors (Lipinski definition) is 0. The first-order valence-electron chi connectivity index (χ1n) is 7.37. The van der Waals surface area contributed by atoms with Crippen LogP contribution in [0.3, 0.4) is 0 Å². The van der Waals surface area contributed by atoms with E-state index in [1.54, 1.807) is 0 Å². The van der Waals surface area contributed by atoms with E-state index < -0.39 is 0 Å². The zero-order valence-electron chi connectivity index (χ0n) is 11.9. The number of nitrogens with zero attached hydrogens (tertiary/aromatic N) is 2. The van der Waals surface area contributed by atoms with Crippen molar-refractivity contribution in [3.8, 4) is 0 Å². The number of hydrogen-bond acceptors (Lipinski definition) is 3. The lowest BCUT2D eigenvalue weighted by atomic mass is 9.90. The van der Waals surface area contributed by atoms with Crippen molar-refractivity contribution in [3.63, 3.8) is 0 Å². The smallest absolute Gasteiger partial charge is 0.136 e. The minimum atomic E-state index is 0.297. The Hall–Kier alpha value is -0.870. The van der Waals surface area contributed by atoms with Gasteiger partial charge in [-0.05, 0) is 54.3 Å². The van der Waals surface area contributed by atoms with Crippen LogP contribution in [0.15, 0.2) is 29.4 Å². The van der Waals surface area contributed by atoms with Gasteiger partial charge in [0.15, 0.2) is 0 Å². The number of piperidine rings is 1. The first-order valence-corrected chi connectivity index (χ1v) is 8.16. The molecule has 0 aliphatic carbocycles. The lowest BCUT2D eigenvalue weighted by Crippen LogP contribution is -2.37. The van der Waals surface area contributed by atoms with Crippen LogP contribution < -0.4 is 0 Å². The molecule has 4 heteroatoms. The lowest BCUT2D eigenvalue weighted by molar-refractivity contribution is 0.0127. The van der Waals surface area contributed by atoms with Crippen LogP contribution in [0.2, 0.25) is 0 Å². The van der Waals surface area contributed by atoms with Crippen LogP contribution in [0, 0.1) is 12.8 Å². The van der Waals surface area contributed by atoms with Gasteiger partial charge in [0.2, 0.25) is 0 Å². The summed E-state index contributed by atoms with van der Waals surface area (Å²) in [6.07, 6.45) is 3.67. The summed E-state index contributed by atoms with van der Waals surface area (Å²) in [5, 5.41) is 4.01. The average Bonchev–Trinajstić information content (AvgIpc) is 2.89. The van der Waals surface area contributed by atoms with E-state index >= 15 is 0 Å². The summed E-state index contributed by atoms with van der Waals surface area (Å²) in [5.74, 6) is 0.656. The minimum Gasteiger partial charge on any atom is -0.391 e. The third-order valence-electron chi connectivity index (χ3n) is 4.34. The third-order valence-corrected chi connectivity index (χ3v) is 4.81. The van der Waals surface area contributed by atoms with E-state index in [1.165, 1.54) is 24.0 Å². The Morgan fingerprint density at radius 3 is 2.55 bits per heavy atom. The van der Waals surface area contributed by atoms with Gasteiger partial charge in [0.05, 0.1) is 0 Å². The van der Waals surface area contributed by atoms with Crippen molar-refractivity contribution < 1.29 is 4.84 Å². The molecule has 0 unspecified atom stereocenters. The summed E-state index contributed by atoms with van der Waals surface area (Å²) in [6.45, 7) is 5.53. The van der Waals surface area contributed by atoms with Crippen LogP contribution in [0.4, 0.5) is 0 Å². The molecule has 3 nitrogen and oxygen atoms in total. The van der Waals surface area contributed by atoms with Gasteiger partial charge in [-0.15, -0.1) is 0 Å². The maximum atomic E-state index is 5.49. The van der Waals surface area contributed by atoms with Gasteiger partial charge in [-0.2, -0.15) is 0 Å². The molecule has 0 saturated carbocycles. The zero-order chi connectivity index (χ0) is 13.9. The summed E-state index contributed by atoms with van der Waals surface area (Å²) >= 11 is 3.42. The molecule has 1 fully saturated rings. The predicted molar refractivity (Wildman–Crippen MR) is 85.0 cm³/mol. The fourth-order valence-corrected chi connectivity index (χ4v) is 3.46. The molecular weight excluding hydrogens is 316 g/mol. The van der Waals surface area contributed by atoms with Gasteiger partial charge >= 0.3 is 0 Å². The minimum absolute atomic E-state index is 0.297. The summed E-state index contributed by atoms with van der Waals surface area (Å²) < 4.78 is 0.963. The van der Waals surface area contributed by atoms with Crippen molar-refractivity contribution in [2.75, 3.05) is 13.1 Å². The van der Waals surface area contributed by atoms with Gasteiger partial charge in [0, 0.05) is 18.9 Å². The van der Waals surface area contributed by atoms with Gasteiger partial charge in [0.1, 0.15) is 10.7 Å². The Balaban J connectivity index is 1.48. The van der Waals surface area contributed by atoms with E-state index in [2.05, 4.69) is 57.2 Å². The second-order valence-corrected chi connectivity index (χ2v) is 6.83. The number of halogens is 1. The molecular formula is C16H21BrN2O. The predicted octanol–water partition coefficient (Wildman–Crippen LogP) is 3.70. The maximum absolute atomic E-state index is 5.49. The molecule has 3 rings (SSSR count). The summed E-state index contributed by atoms with van der Waals surface area (Å²) in [7, 11) is 0. The molecule has 0 aromatic heterocycles. The fraction of sp³-hybridized carbons (Fsp3) is 0.562. The molecule has 2 aliphatic rings. The lowest BCUT2D eigenvalue weighted by Gasteiger charge is -2.33. The molecule has 0 spiro atoms. The third kappa shape index (κ3) is 3.41. The maximum Gasteiger partial charge on any atom is 0.136 e. The highest BCUT2D eigenvalue weighted by molar-refractivity contribution is 9.18. The topological polar surface area (TPSA) is 24.8 Å². The molecule has 1 atom stereocenters. The van der Waals surface area contributed by atoms with Crippen LogP contribution >= 0.6 is 15.9 Å². The van der Waals surface area contributed by atoms with Crippen molar-refractivity contribution in [3.05, 3.63) is 35.4 Å². The van der Waals surface area contributed by atoms with E-state index in [9.17, 15) is 0 Å². The second kappa shape index (κ2) is 6.27. The molecule has 0 bridgehead atoms. The Labute approximate surface area is 129 Å². The van der Waals surface area contributed by atoms with E-state index in [0.29, 0.717) is 12.0 Å². The van der Waals surface area contributed by atoms with Crippen molar-refractivity contribution in [1.82, 2.24) is 4.90 Å². The molecule has 20 heavy (non-hydrogen) atoms. The summed E-state index contributed by atoms with van der Waals surface area (Å²) in [4.78, 5) is 8.04. The van der Waals surface area contributed by atoms with Crippen LogP contribution in [0.25, 0.3) is 0 Å². The normalized spacial score (nSPS) is 24.5. The van der Waals surface area contributed by atoms with E-state index in [1.807, 2.05) is 0 Å². The van der Waals surface area contributed by atoms with Gasteiger partial charge in [-0.3, -0.25) is 4.90 Å². The van der Waals surface area contributed by atoms with Gasteiger partial charge in [-0.25, -0.2) is 0 Å². The largest absolute Gasteiger partial charge is 0.391 e. The number of oxime groups is 1. The number of rotatable bonds is 3. The molecule has 0 N–H and O–H groups in total. The Morgan fingerprint density at radius 1 is 1.25 bits per heavy atom. The molecule has 1 saturated heterocycles. The zero-order valence-corrected chi connectivity index (χ0v) is 13.5. The molecule has 108 valence electrons. The van der Waals surface area contributed by atoms with Crippen molar-refractivity contribution in [1.29, 1.82) is 0 Å². The molecule has 0 amide bonds. The summed E-state index contributed by atoms with van der Waals surface area (Å²) in [6, 6.07) is 8.88. The van der Waals surface area contributed by atoms with E-state index in [0.717, 1.165) is 30.7 Å². The Kier molecular flexibility index (Phi) is 4.41. The van der Waals surface area contributed by atoms with E-state index in [-0.39, 0.29) is 0 Å². The van der Waals surface area contributed by atoms with Crippen LogP contribution in [-0.4, -0.2) is 28.7 Å². The highest BCUT2D eigenvalue weighted by Crippen LogP contribution is 2.29. The number of aryl methyl sites for hydroxylation is 1. The van der Waals surface area contributed by atoms with Crippen molar-refractivity contribution in [2.45, 2.75) is 38.8 Å². The summed E-state index contributed by atoms with van der Waals surface area (Å²) in [5.41, 5.74) is 2.74. The van der Waals surface area contributed by atoms with Crippen LogP contribution in [0.5, 0.6) is 0 Å². The molecule has 2 aliphatic heterocycles. The SMILES string of the molecule is Cc1ccc(CN2CCC([C@H]3CC(Br)=NO3)CC2)cc1. The average molecular weight is 337 g/mol. The molecule has 1 aromatic rings. The number of benzene rings is 1. The van der Waals surface area contributed by atoms with Gasteiger partial charge in [-0.1, -0.05) is 35.0 Å². The van der Waals surface area contributed by atoms with Crippen molar-refractivity contribution >= 4 is 20.6 Å². The van der Waals surface area contributed by atoms with Crippen LogP contribution in [0.1, 0.15) is 30.4 Å². The first kappa shape index (κ1) is 14.1. The Bertz CT molecular complexity index is 478. The quantitative estimate of drug-likeness (QED) is 0.840. The molecule has 0 radical (unpaired) electrons. The van der Waals surface area contributed by atoms with Gasteiger partial charge < -0.3 is 4.84 Å². The first-order chi connectivity index (χ1) is 9.70. The standard InChI is InChI=1S/C16H21BrN2O/c1-12-2-4-13(5-3-12)11-19-8-6-14(7-9-19)15-10-16(17)18-20-15/h2-5,14-15H,6-11H2,1H3/t15-/m1/s1. The van der Waals surface area contributed by atoms with Gasteiger partial charge in [0.25, 0.3) is 0 Å². The fourth-order valence-electron chi connectivity index (χ4n) is 3.05. The number of likely N-dealkylation sites (tertiary alicyclic amines) is 1. The van der Waals surface area contributed by atoms with Crippen LogP contribution in [-0.2, 0) is 11.4 Å². The van der Waals surface area contributed by atoms with Crippen molar-refractivity contribution in [2.24, 2.45) is 11.1 Å². The molecule has 2 heterocycles. The highest BCUT2D eigenvalue weighted by Gasteiger charge is 2.31. The molecule has 1 aromatic carbocycles.